The summed E-state index contributed by atoms with van der Waals surface area (Å²) in [6.07, 6.45) is 0.988. The number of carbonyl (C=O) groups is 1. The first-order valence-corrected chi connectivity index (χ1v) is 5.22. The normalized spacial score (nSPS) is 21.2. The molecule has 2 rings (SSSR count). The molecule has 5 heteroatoms. The molecule has 1 aliphatic rings. The van der Waals surface area contributed by atoms with Gasteiger partial charge in [-0.3, -0.25) is 9.78 Å². The monoisotopic (exact) mass is 222 g/mol. The van der Waals surface area contributed by atoms with Crippen LogP contribution in [0.5, 0.6) is 0 Å². The van der Waals surface area contributed by atoms with Crippen molar-refractivity contribution < 1.29 is 14.6 Å². The molecule has 1 atom stereocenters. The zero-order valence-corrected chi connectivity index (χ0v) is 8.87. The zero-order chi connectivity index (χ0) is 11.4. The Morgan fingerprint density at radius 2 is 2.44 bits per heavy atom. The molecule has 1 fully saturated rings. The molecule has 5 nitrogen and oxygen atoms in total. The summed E-state index contributed by atoms with van der Waals surface area (Å²) in [5.74, 6) is -0.167. The van der Waals surface area contributed by atoms with E-state index in [1.54, 1.807) is 11.1 Å². The minimum Gasteiger partial charge on any atom is -0.393 e. The van der Waals surface area contributed by atoms with Crippen LogP contribution in [0.1, 0.15) is 5.69 Å². The summed E-state index contributed by atoms with van der Waals surface area (Å²) in [5, 5.41) is 8.96. The standard InChI is InChI=1S/C11H14N2O3/c14-8-10-11(15)13(5-6-16-10)7-9-3-1-2-4-12-9/h1-4,10,14H,5-8H2. The maximum atomic E-state index is 11.8. The van der Waals surface area contributed by atoms with Crippen LogP contribution in [0.15, 0.2) is 24.4 Å². The average Bonchev–Trinajstić information content (AvgIpc) is 2.33. The minimum absolute atomic E-state index is 0.167. The van der Waals surface area contributed by atoms with E-state index in [1.807, 2.05) is 18.2 Å². The Labute approximate surface area is 93.7 Å². The van der Waals surface area contributed by atoms with E-state index in [4.69, 9.17) is 9.84 Å². The molecule has 0 aliphatic carbocycles. The van der Waals surface area contributed by atoms with Crippen molar-refractivity contribution in [3.8, 4) is 0 Å². The van der Waals surface area contributed by atoms with Gasteiger partial charge in [0.25, 0.3) is 5.91 Å². The number of nitrogens with zero attached hydrogens (tertiary/aromatic N) is 2. The Morgan fingerprint density at radius 3 is 3.12 bits per heavy atom. The van der Waals surface area contributed by atoms with Gasteiger partial charge in [0, 0.05) is 12.7 Å². The van der Waals surface area contributed by atoms with E-state index < -0.39 is 6.10 Å². The summed E-state index contributed by atoms with van der Waals surface area (Å²) in [7, 11) is 0. The molecule has 16 heavy (non-hydrogen) atoms. The lowest BCUT2D eigenvalue weighted by molar-refractivity contribution is -0.156. The molecular formula is C11H14N2O3. The first-order valence-electron chi connectivity index (χ1n) is 5.22. The maximum Gasteiger partial charge on any atom is 0.254 e. The number of rotatable bonds is 3. The molecule has 86 valence electrons. The predicted octanol–water partition coefficient (Wildman–Crippen LogP) is -0.199. The molecule has 1 aromatic rings. The molecule has 1 amide bonds. The number of hydrogen-bond donors (Lipinski definition) is 1. The van der Waals surface area contributed by atoms with Crippen LogP contribution in [-0.4, -0.2) is 46.8 Å². The van der Waals surface area contributed by atoms with Crippen LogP contribution in [0, 0.1) is 0 Å². The average molecular weight is 222 g/mol. The number of aromatic nitrogens is 1. The van der Waals surface area contributed by atoms with Gasteiger partial charge in [0.2, 0.25) is 0 Å². The van der Waals surface area contributed by atoms with Gasteiger partial charge in [0.15, 0.2) is 6.10 Å². The van der Waals surface area contributed by atoms with Gasteiger partial charge in [0.05, 0.1) is 25.5 Å². The molecule has 0 saturated carbocycles. The van der Waals surface area contributed by atoms with Crippen molar-refractivity contribution in [2.75, 3.05) is 19.8 Å². The highest BCUT2D eigenvalue weighted by Crippen LogP contribution is 2.10. The number of pyridine rings is 1. The van der Waals surface area contributed by atoms with Crippen molar-refractivity contribution in [1.82, 2.24) is 9.88 Å². The van der Waals surface area contributed by atoms with Gasteiger partial charge >= 0.3 is 0 Å². The Morgan fingerprint density at radius 1 is 1.56 bits per heavy atom. The Bertz CT molecular complexity index is 356. The lowest BCUT2D eigenvalue weighted by atomic mass is 10.2. The summed E-state index contributed by atoms with van der Waals surface area (Å²) in [4.78, 5) is 17.6. The number of ether oxygens (including phenoxy) is 1. The van der Waals surface area contributed by atoms with E-state index in [2.05, 4.69) is 4.98 Å². The van der Waals surface area contributed by atoms with Gasteiger partial charge in [-0.1, -0.05) is 6.07 Å². The molecule has 1 aromatic heterocycles. The first-order chi connectivity index (χ1) is 7.81. The van der Waals surface area contributed by atoms with E-state index in [1.165, 1.54) is 0 Å². The molecule has 0 spiro atoms. The van der Waals surface area contributed by atoms with Gasteiger partial charge in [0.1, 0.15) is 0 Å². The summed E-state index contributed by atoms with van der Waals surface area (Å²) in [5.41, 5.74) is 0.842. The predicted molar refractivity (Wildman–Crippen MR) is 56.5 cm³/mol. The lowest BCUT2D eigenvalue weighted by Crippen LogP contribution is -2.48. The van der Waals surface area contributed by atoms with E-state index in [0.29, 0.717) is 19.7 Å². The van der Waals surface area contributed by atoms with Crippen molar-refractivity contribution in [1.29, 1.82) is 0 Å². The minimum atomic E-state index is -0.711. The number of carbonyl (C=O) groups excluding carboxylic acids is 1. The largest absolute Gasteiger partial charge is 0.393 e. The second kappa shape index (κ2) is 5.05. The summed E-state index contributed by atoms with van der Waals surface area (Å²) >= 11 is 0. The quantitative estimate of drug-likeness (QED) is 0.769. The van der Waals surface area contributed by atoms with Gasteiger partial charge < -0.3 is 14.7 Å². The summed E-state index contributed by atoms with van der Waals surface area (Å²) in [6.45, 7) is 1.22. The fourth-order valence-electron chi connectivity index (χ4n) is 1.67. The molecule has 0 aromatic carbocycles. The second-order valence-corrected chi connectivity index (χ2v) is 3.62. The van der Waals surface area contributed by atoms with E-state index in [-0.39, 0.29) is 12.5 Å². The van der Waals surface area contributed by atoms with Crippen LogP contribution in [0.2, 0.25) is 0 Å². The highest BCUT2D eigenvalue weighted by atomic mass is 16.5. The molecule has 2 heterocycles. The molecule has 1 unspecified atom stereocenters. The van der Waals surface area contributed by atoms with Gasteiger partial charge in [-0.15, -0.1) is 0 Å². The molecule has 0 radical (unpaired) electrons. The number of aliphatic hydroxyl groups is 1. The summed E-state index contributed by atoms with van der Waals surface area (Å²) in [6, 6.07) is 5.59. The Balaban J connectivity index is 2.02. The molecule has 1 saturated heterocycles. The van der Waals surface area contributed by atoms with Crippen molar-refractivity contribution >= 4 is 5.91 Å². The molecule has 0 bridgehead atoms. The molecule has 1 aliphatic heterocycles. The highest BCUT2D eigenvalue weighted by Gasteiger charge is 2.28. The molecular weight excluding hydrogens is 208 g/mol. The van der Waals surface area contributed by atoms with E-state index in [9.17, 15) is 4.79 Å². The third-order valence-corrected chi connectivity index (χ3v) is 2.51. The summed E-state index contributed by atoms with van der Waals surface area (Å²) < 4.78 is 5.15. The van der Waals surface area contributed by atoms with Crippen molar-refractivity contribution in [2.45, 2.75) is 12.6 Å². The van der Waals surface area contributed by atoms with Gasteiger partial charge in [-0.25, -0.2) is 0 Å². The van der Waals surface area contributed by atoms with Crippen LogP contribution in [0.4, 0.5) is 0 Å². The third-order valence-electron chi connectivity index (χ3n) is 2.51. The second-order valence-electron chi connectivity index (χ2n) is 3.62. The fraction of sp³-hybridized carbons (Fsp3) is 0.455. The van der Waals surface area contributed by atoms with Crippen molar-refractivity contribution in [3.63, 3.8) is 0 Å². The van der Waals surface area contributed by atoms with Crippen LogP contribution in [0.3, 0.4) is 0 Å². The van der Waals surface area contributed by atoms with E-state index >= 15 is 0 Å². The fourth-order valence-corrected chi connectivity index (χ4v) is 1.67. The van der Waals surface area contributed by atoms with Crippen LogP contribution in [-0.2, 0) is 16.1 Å². The van der Waals surface area contributed by atoms with Crippen LogP contribution < -0.4 is 0 Å². The van der Waals surface area contributed by atoms with Crippen LogP contribution >= 0.6 is 0 Å². The smallest absolute Gasteiger partial charge is 0.254 e. The maximum absolute atomic E-state index is 11.8. The number of amides is 1. The Kier molecular flexibility index (Phi) is 3.48. The first kappa shape index (κ1) is 11.0. The number of morpholine rings is 1. The number of hydrogen-bond acceptors (Lipinski definition) is 4. The Hall–Kier alpha value is -1.46. The highest BCUT2D eigenvalue weighted by molar-refractivity contribution is 5.81. The van der Waals surface area contributed by atoms with Crippen LogP contribution in [0.25, 0.3) is 0 Å². The third kappa shape index (κ3) is 2.37. The van der Waals surface area contributed by atoms with E-state index in [0.717, 1.165) is 5.69 Å². The van der Waals surface area contributed by atoms with Gasteiger partial charge in [-0.05, 0) is 12.1 Å². The molecule has 1 N–H and O–H groups in total. The SMILES string of the molecule is O=C1C(CO)OCCN1Cc1ccccn1. The van der Waals surface area contributed by atoms with Gasteiger partial charge in [-0.2, -0.15) is 0 Å². The lowest BCUT2D eigenvalue weighted by Gasteiger charge is -2.31. The zero-order valence-electron chi connectivity index (χ0n) is 8.87. The van der Waals surface area contributed by atoms with Crippen molar-refractivity contribution in [2.24, 2.45) is 0 Å². The van der Waals surface area contributed by atoms with Crippen molar-refractivity contribution in [3.05, 3.63) is 30.1 Å². The number of aliphatic hydroxyl groups excluding tert-OH is 1. The topological polar surface area (TPSA) is 62.7 Å².